The topological polar surface area (TPSA) is 140 Å². The minimum absolute atomic E-state index is 0.292. The summed E-state index contributed by atoms with van der Waals surface area (Å²) in [6.07, 6.45) is 0.779. The molecule has 0 spiro atoms. The number of aromatic amines is 1. The standard InChI is InChI=1S/C28H26FN5O4/c1-2-30-28(38)32-26-12-17-5-4-16(11-24(17)31-26)20-7-15(3-6-23(20)29)8-25-21-9-18(13-35)19(14-36)10-22(21)27(37)34-33-25/h3-7,9-11,35-36H,2,8,12-14H2,1H3,(H,34,37)(H2,30,31,32,38). The Balaban J connectivity index is 1.47. The summed E-state index contributed by atoms with van der Waals surface area (Å²) in [4.78, 5) is 28.7. The molecule has 0 bridgehead atoms. The van der Waals surface area contributed by atoms with E-state index in [2.05, 4.69) is 25.8 Å². The Bertz CT molecular complexity index is 1650. The first kappa shape index (κ1) is 25.2. The van der Waals surface area contributed by atoms with Crippen LogP contribution >= 0.6 is 0 Å². The summed E-state index contributed by atoms with van der Waals surface area (Å²) >= 11 is 0. The number of carbonyl (C=O) groups is 1. The fourth-order valence-corrected chi connectivity index (χ4v) is 4.64. The molecular formula is C28H26FN5O4. The van der Waals surface area contributed by atoms with E-state index in [1.807, 2.05) is 19.1 Å². The van der Waals surface area contributed by atoms with Crippen LogP contribution in [-0.2, 0) is 26.1 Å². The number of aromatic nitrogens is 2. The number of H-pyrrole nitrogens is 1. The number of halogens is 1. The fourth-order valence-electron chi connectivity index (χ4n) is 4.64. The van der Waals surface area contributed by atoms with Crippen LogP contribution in [-0.4, -0.2) is 38.8 Å². The molecule has 0 unspecified atom stereocenters. The molecule has 2 heterocycles. The molecule has 9 nitrogen and oxygen atoms in total. The lowest BCUT2D eigenvalue weighted by molar-refractivity contribution is 0.245. The molecule has 1 aliphatic heterocycles. The summed E-state index contributed by atoms with van der Waals surface area (Å²) < 4.78 is 15.0. The van der Waals surface area contributed by atoms with Crippen molar-refractivity contribution in [3.8, 4) is 11.1 Å². The van der Waals surface area contributed by atoms with Crippen molar-refractivity contribution in [2.24, 2.45) is 4.99 Å². The van der Waals surface area contributed by atoms with Crippen molar-refractivity contribution in [2.45, 2.75) is 33.0 Å². The number of fused-ring (bicyclic) bond motifs is 2. The van der Waals surface area contributed by atoms with E-state index in [9.17, 15) is 24.2 Å². The van der Waals surface area contributed by atoms with E-state index in [0.29, 0.717) is 69.6 Å². The number of nitrogens with zero attached hydrogens (tertiary/aromatic N) is 2. The summed E-state index contributed by atoms with van der Waals surface area (Å²) in [7, 11) is 0. The quantitative estimate of drug-likeness (QED) is 0.268. The molecule has 2 amide bonds. The van der Waals surface area contributed by atoms with Crippen LogP contribution in [0, 0.1) is 5.82 Å². The van der Waals surface area contributed by atoms with Crippen molar-refractivity contribution in [2.75, 3.05) is 6.54 Å². The van der Waals surface area contributed by atoms with Crippen molar-refractivity contribution in [3.05, 3.63) is 92.6 Å². The third-order valence-corrected chi connectivity index (χ3v) is 6.54. The maximum Gasteiger partial charge on any atom is 0.320 e. The van der Waals surface area contributed by atoms with Gasteiger partial charge in [0.15, 0.2) is 0 Å². The molecule has 0 fully saturated rings. The molecule has 0 aliphatic carbocycles. The number of urea groups is 1. The van der Waals surface area contributed by atoms with Crippen molar-refractivity contribution in [1.29, 1.82) is 0 Å². The number of hydrogen-bond donors (Lipinski definition) is 5. The molecule has 0 atom stereocenters. The van der Waals surface area contributed by atoms with Gasteiger partial charge in [-0.15, -0.1) is 0 Å². The maximum atomic E-state index is 15.0. The van der Waals surface area contributed by atoms with Crippen molar-refractivity contribution >= 4 is 28.3 Å². The zero-order chi connectivity index (χ0) is 26.8. The van der Waals surface area contributed by atoms with Crippen LogP contribution in [0.5, 0.6) is 0 Å². The van der Waals surface area contributed by atoms with Crippen molar-refractivity contribution < 1.29 is 19.4 Å². The van der Waals surface area contributed by atoms with E-state index in [-0.39, 0.29) is 19.2 Å². The minimum atomic E-state index is -0.400. The molecular weight excluding hydrogens is 489 g/mol. The van der Waals surface area contributed by atoms with Gasteiger partial charge in [0.1, 0.15) is 11.7 Å². The average Bonchev–Trinajstić information content (AvgIpc) is 3.32. The highest BCUT2D eigenvalue weighted by Gasteiger charge is 2.19. The first-order valence-corrected chi connectivity index (χ1v) is 12.2. The van der Waals surface area contributed by atoms with E-state index in [1.165, 1.54) is 6.07 Å². The van der Waals surface area contributed by atoms with E-state index in [0.717, 1.165) is 11.1 Å². The van der Waals surface area contributed by atoms with Gasteiger partial charge in [-0.25, -0.2) is 19.3 Å². The van der Waals surface area contributed by atoms with E-state index < -0.39 is 11.4 Å². The third kappa shape index (κ3) is 4.91. The fraction of sp³-hybridized carbons (Fsp3) is 0.214. The summed E-state index contributed by atoms with van der Waals surface area (Å²) in [6, 6.07) is 13.2. The predicted molar refractivity (Wildman–Crippen MR) is 142 cm³/mol. The highest BCUT2D eigenvalue weighted by Crippen LogP contribution is 2.33. The molecule has 10 heteroatoms. The zero-order valence-electron chi connectivity index (χ0n) is 20.6. The normalized spacial score (nSPS) is 12.4. The summed E-state index contributed by atoms with van der Waals surface area (Å²) in [6.45, 7) is 1.73. The largest absolute Gasteiger partial charge is 0.392 e. The van der Waals surface area contributed by atoms with Crippen LogP contribution < -0.4 is 16.2 Å². The van der Waals surface area contributed by atoms with Gasteiger partial charge in [-0.3, -0.25) is 10.1 Å². The van der Waals surface area contributed by atoms with Gasteiger partial charge >= 0.3 is 6.03 Å². The Kier molecular flexibility index (Phi) is 6.99. The van der Waals surface area contributed by atoms with Crippen molar-refractivity contribution in [1.82, 2.24) is 20.8 Å². The van der Waals surface area contributed by atoms with E-state index >= 15 is 0 Å². The lowest BCUT2D eigenvalue weighted by Crippen LogP contribution is -2.39. The number of aliphatic hydroxyl groups is 2. The number of benzene rings is 3. The molecule has 3 aromatic carbocycles. The number of carbonyl (C=O) groups excluding carboxylic acids is 1. The van der Waals surface area contributed by atoms with Gasteiger partial charge in [0.2, 0.25) is 0 Å². The zero-order valence-corrected chi connectivity index (χ0v) is 20.6. The number of amides is 2. The van der Waals surface area contributed by atoms with Crippen LogP contribution in [0.15, 0.2) is 58.3 Å². The smallest absolute Gasteiger partial charge is 0.320 e. The first-order valence-electron chi connectivity index (χ1n) is 12.2. The Morgan fingerprint density at radius 1 is 1.05 bits per heavy atom. The highest BCUT2D eigenvalue weighted by molar-refractivity contribution is 6.02. The number of aliphatic imine (C=N–C) groups is 1. The van der Waals surface area contributed by atoms with Gasteiger partial charge in [0.25, 0.3) is 5.56 Å². The van der Waals surface area contributed by atoms with Crippen molar-refractivity contribution in [3.63, 3.8) is 0 Å². The Morgan fingerprint density at radius 2 is 1.82 bits per heavy atom. The molecule has 0 saturated carbocycles. The van der Waals surface area contributed by atoms with Gasteiger partial charge in [-0.05, 0) is 65.1 Å². The van der Waals surface area contributed by atoms with Gasteiger partial charge in [-0.1, -0.05) is 18.2 Å². The number of hydrogen-bond acceptors (Lipinski definition) is 6. The van der Waals surface area contributed by atoms with Crippen LogP contribution in [0.3, 0.4) is 0 Å². The molecule has 1 aliphatic rings. The SMILES string of the molecule is CCNC(=O)NC1=Nc2cc(-c3cc(Cc4n[nH]c(=O)c5cc(CO)c(CO)cc45)ccc3F)ccc2C1. The summed E-state index contributed by atoms with van der Waals surface area (Å²) in [5.41, 5.74) is 4.52. The average molecular weight is 516 g/mol. The van der Waals surface area contributed by atoms with Crippen LogP contribution in [0.4, 0.5) is 14.9 Å². The number of nitrogens with one attached hydrogen (secondary N) is 3. The highest BCUT2D eigenvalue weighted by atomic mass is 19.1. The Morgan fingerprint density at radius 3 is 2.55 bits per heavy atom. The van der Waals surface area contributed by atoms with Gasteiger partial charge in [0.05, 0.1) is 30.0 Å². The van der Waals surface area contributed by atoms with E-state index in [1.54, 1.807) is 30.3 Å². The van der Waals surface area contributed by atoms with Crippen LogP contribution in [0.1, 0.15) is 34.9 Å². The Labute approximate surface area is 217 Å². The molecule has 38 heavy (non-hydrogen) atoms. The molecule has 0 saturated heterocycles. The minimum Gasteiger partial charge on any atom is -0.392 e. The van der Waals surface area contributed by atoms with Gasteiger partial charge in [-0.2, -0.15) is 5.10 Å². The van der Waals surface area contributed by atoms with Crippen LogP contribution in [0.2, 0.25) is 0 Å². The number of aliphatic hydroxyl groups excluding tert-OH is 2. The molecule has 5 rings (SSSR count). The molecule has 4 aromatic rings. The summed E-state index contributed by atoms with van der Waals surface area (Å²) in [5, 5.41) is 32.3. The molecule has 1 aromatic heterocycles. The number of amidine groups is 1. The lowest BCUT2D eigenvalue weighted by Gasteiger charge is -2.11. The molecule has 0 radical (unpaired) electrons. The van der Waals surface area contributed by atoms with Crippen LogP contribution in [0.25, 0.3) is 21.9 Å². The predicted octanol–water partition coefficient (Wildman–Crippen LogP) is 3.21. The van der Waals surface area contributed by atoms with E-state index in [4.69, 9.17) is 0 Å². The Hall–Kier alpha value is -4.41. The third-order valence-electron chi connectivity index (χ3n) is 6.54. The molecule has 194 valence electrons. The maximum absolute atomic E-state index is 15.0. The second-order valence-electron chi connectivity index (χ2n) is 9.04. The second kappa shape index (κ2) is 10.5. The van der Waals surface area contributed by atoms with Gasteiger partial charge < -0.3 is 15.5 Å². The van der Waals surface area contributed by atoms with Gasteiger partial charge in [0, 0.05) is 30.3 Å². The monoisotopic (exact) mass is 515 g/mol. The molecule has 5 N–H and O–H groups in total. The number of rotatable bonds is 6. The summed E-state index contributed by atoms with van der Waals surface area (Å²) in [5.74, 6) is 0.130. The lowest BCUT2D eigenvalue weighted by atomic mass is 9.96. The first-order chi connectivity index (χ1) is 18.4. The second-order valence-corrected chi connectivity index (χ2v) is 9.04.